The normalized spacial score (nSPS) is 18.7. The SMILES string of the molecule is CON(C)C(=O)[C@@H]1C[C@@H](Oc2cccc3ccc(-c4nnc5ccccn45)nc23)CCN1. The summed E-state index contributed by atoms with van der Waals surface area (Å²) < 4.78 is 8.27. The monoisotopic (exact) mass is 432 g/mol. The van der Waals surface area contributed by atoms with Crippen LogP contribution in [-0.4, -0.2) is 63.4 Å². The molecule has 32 heavy (non-hydrogen) atoms. The number of benzene rings is 1. The van der Waals surface area contributed by atoms with E-state index in [-0.39, 0.29) is 18.1 Å². The molecule has 9 heteroatoms. The maximum absolute atomic E-state index is 12.5. The van der Waals surface area contributed by atoms with E-state index in [2.05, 4.69) is 15.5 Å². The summed E-state index contributed by atoms with van der Waals surface area (Å²) in [5.41, 5.74) is 2.24. The number of nitrogens with zero attached hydrogens (tertiary/aromatic N) is 5. The lowest BCUT2D eigenvalue weighted by Crippen LogP contribution is -2.51. The van der Waals surface area contributed by atoms with E-state index in [1.807, 2.05) is 59.1 Å². The summed E-state index contributed by atoms with van der Waals surface area (Å²) in [6.45, 7) is 0.688. The van der Waals surface area contributed by atoms with Crippen molar-refractivity contribution in [3.63, 3.8) is 0 Å². The van der Waals surface area contributed by atoms with E-state index >= 15 is 0 Å². The van der Waals surface area contributed by atoms with Crippen LogP contribution in [0.5, 0.6) is 5.75 Å². The fourth-order valence-electron chi connectivity index (χ4n) is 4.02. The van der Waals surface area contributed by atoms with Gasteiger partial charge in [-0.1, -0.05) is 24.3 Å². The Balaban J connectivity index is 1.44. The molecule has 1 aliphatic rings. The van der Waals surface area contributed by atoms with Gasteiger partial charge < -0.3 is 10.1 Å². The molecule has 1 aromatic carbocycles. The average Bonchev–Trinajstić information content (AvgIpc) is 3.27. The molecule has 1 saturated heterocycles. The van der Waals surface area contributed by atoms with Gasteiger partial charge in [0.1, 0.15) is 23.1 Å². The Labute approximate surface area is 184 Å². The van der Waals surface area contributed by atoms with Gasteiger partial charge in [0.15, 0.2) is 11.5 Å². The van der Waals surface area contributed by atoms with E-state index < -0.39 is 0 Å². The predicted octanol–water partition coefficient (Wildman–Crippen LogP) is 2.46. The Bertz CT molecular complexity index is 1270. The van der Waals surface area contributed by atoms with Crippen molar-refractivity contribution >= 4 is 22.5 Å². The van der Waals surface area contributed by atoms with E-state index in [0.29, 0.717) is 30.2 Å². The van der Waals surface area contributed by atoms with Crippen molar-refractivity contribution < 1.29 is 14.4 Å². The van der Waals surface area contributed by atoms with Crippen molar-refractivity contribution in [1.82, 2.24) is 30.0 Å². The van der Waals surface area contributed by atoms with E-state index in [9.17, 15) is 4.79 Å². The van der Waals surface area contributed by atoms with Crippen molar-refractivity contribution in [3.8, 4) is 17.3 Å². The van der Waals surface area contributed by atoms with E-state index in [0.717, 1.165) is 23.0 Å². The molecule has 0 bridgehead atoms. The summed E-state index contributed by atoms with van der Waals surface area (Å²) in [7, 11) is 3.09. The fourth-order valence-corrected chi connectivity index (χ4v) is 4.02. The lowest BCUT2D eigenvalue weighted by atomic mass is 10.0. The zero-order chi connectivity index (χ0) is 22.1. The third-order valence-corrected chi connectivity index (χ3v) is 5.76. The first kappa shape index (κ1) is 20.3. The predicted molar refractivity (Wildman–Crippen MR) is 119 cm³/mol. The smallest absolute Gasteiger partial charge is 0.263 e. The number of pyridine rings is 2. The minimum Gasteiger partial charge on any atom is -0.488 e. The number of nitrogens with one attached hydrogen (secondary N) is 1. The van der Waals surface area contributed by atoms with Crippen LogP contribution >= 0.6 is 0 Å². The molecule has 0 unspecified atom stereocenters. The molecule has 3 aromatic heterocycles. The second-order valence-electron chi connectivity index (χ2n) is 7.77. The molecule has 1 amide bonds. The van der Waals surface area contributed by atoms with Crippen LogP contribution in [0.2, 0.25) is 0 Å². The van der Waals surface area contributed by atoms with Gasteiger partial charge >= 0.3 is 0 Å². The molecular formula is C23H24N6O3. The van der Waals surface area contributed by atoms with Crippen molar-refractivity contribution in [1.29, 1.82) is 0 Å². The van der Waals surface area contributed by atoms with Crippen LogP contribution in [0.25, 0.3) is 28.1 Å². The summed E-state index contributed by atoms with van der Waals surface area (Å²) in [6, 6.07) is 15.2. The zero-order valence-corrected chi connectivity index (χ0v) is 17.9. The molecule has 1 fully saturated rings. The maximum atomic E-state index is 12.5. The maximum Gasteiger partial charge on any atom is 0.263 e. The van der Waals surface area contributed by atoms with Gasteiger partial charge in [-0.25, -0.2) is 10.0 Å². The summed E-state index contributed by atoms with van der Waals surface area (Å²) in [6.07, 6.45) is 3.16. The number of carbonyl (C=O) groups excluding carboxylic acids is 1. The van der Waals surface area contributed by atoms with E-state index in [1.54, 1.807) is 7.05 Å². The second kappa shape index (κ2) is 8.52. The van der Waals surface area contributed by atoms with Crippen LogP contribution in [-0.2, 0) is 9.63 Å². The minimum atomic E-state index is -0.348. The van der Waals surface area contributed by atoms with Crippen molar-refractivity contribution in [2.45, 2.75) is 25.0 Å². The number of hydroxylamine groups is 2. The van der Waals surface area contributed by atoms with Crippen LogP contribution < -0.4 is 10.1 Å². The molecule has 0 spiro atoms. The van der Waals surface area contributed by atoms with E-state index in [4.69, 9.17) is 14.6 Å². The first-order chi connectivity index (χ1) is 15.6. The van der Waals surface area contributed by atoms with Gasteiger partial charge in [-0.3, -0.25) is 14.0 Å². The minimum absolute atomic E-state index is 0.111. The Hall–Kier alpha value is -3.56. The van der Waals surface area contributed by atoms with Gasteiger partial charge in [0.25, 0.3) is 5.91 Å². The van der Waals surface area contributed by atoms with Crippen LogP contribution in [0.1, 0.15) is 12.8 Å². The summed E-state index contributed by atoms with van der Waals surface area (Å²) >= 11 is 0. The number of hydrogen-bond acceptors (Lipinski definition) is 7. The number of aromatic nitrogens is 4. The highest BCUT2D eigenvalue weighted by Crippen LogP contribution is 2.29. The average molecular weight is 432 g/mol. The molecule has 0 saturated carbocycles. The molecular weight excluding hydrogens is 408 g/mol. The third-order valence-electron chi connectivity index (χ3n) is 5.76. The topological polar surface area (TPSA) is 93.9 Å². The van der Waals surface area contributed by atoms with Gasteiger partial charge in [-0.2, -0.15) is 0 Å². The van der Waals surface area contributed by atoms with Gasteiger partial charge in [0.2, 0.25) is 0 Å². The van der Waals surface area contributed by atoms with Crippen LogP contribution in [0, 0.1) is 0 Å². The Morgan fingerprint density at radius 2 is 2.06 bits per heavy atom. The Morgan fingerprint density at radius 1 is 1.16 bits per heavy atom. The number of carbonyl (C=O) groups is 1. The van der Waals surface area contributed by atoms with Crippen molar-refractivity contribution in [3.05, 3.63) is 54.7 Å². The lowest BCUT2D eigenvalue weighted by Gasteiger charge is -2.31. The molecule has 164 valence electrons. The fraction of sp³-hybridized carbons (Fsp3) is 0.304. The molecule has 9 nitrogen and oxygen atoms in total. The van der Waals surface area contributed by atoms with Crippen LogP contribution in [0.4, 0.5) is 0 Å². The number of fused-ring (bicyclic) bond motifs is 2. The molecule has 2 atom stereocenters. The first-order valence-corrected chi connectivity index (χ1v) is 10.6. The van der Waals surface area contributed by atoms with Gasteiger partial charge in [-0.15, -0.1) is 10.2 Å². The molecule has 1 aliphatic heterocycles. The zero-order valence-electron chi connectivity index (χ0n) is 17.9. The largest absolute Gasteiger partial charge is 0.488 e. The Morgan fingerprint density at radius 3 is 2.94 bits per heavy atom. The quantitative estimate of drug-likeness (QED) is 0.484. The first-order valence-electron chi connectivity index (χ1n) is 10.6. The third kappa shape index (κ3) is 3.76. The van der Waals surface area contributed by atoms with Crippen molar-refractivity contribution in [2.75, 3.05) is 20.7 Å². The molecule has 4 aromatic rings. The standard InChI is InChI=1S/C23H24N6O3/c1-28(31-2)23(30)18-14-16(11-12-24-18)32-19-7-5-6-15-9-10-17(25-21(15)19)22-27-26-20-8-3-4-13-29(20)22/h3-10,13,16,18,24H,11-12,14H2,1-2H3/t16-,18-/m0/s1. The number of amides is 1. The number of hydrogen-bond donors (Lipinski definition) is 1. The molecule has 0 radical (unpaired) electrons. The number of likely N-dealkylation sites (N-methyl/N-ethyl adjacent to an activating group) is 1. The summed E-state index contributed by atoms with van der Waals surface area (Å²) in [5.74, 6) is 1.25. The van der Waals surface area contributed by atoms with Crippen LogP contribution in [0.3, 0.4) is 0 Å². The summed E-state index contributed by atoms with van der Waals surface area (Å²) in [4.78, 5) is 22.4. The Kier molecular flexibility index (Phi) is 5.42. The van der Waals surface area contributed by atoms with Crippen LogP contribution in [0.15, 0.2) is 54.7 Å². The molecule has 1 N–H and O–H groups in total. The highest BCUT2D eigenvalue weighted by atomic mass is 16.7. The highest BCUT2D eigenvalue weighted by molar-refractivity contribution is 5.86. The van der Waals surface area contributed by atoms with E-state index in [1.165, 1.54) is 12.2 Å². The lowest BCUT2D eigenvalue weighted by molar-refractivity contribution is -0.172. The molecule has 4 heterocycles. The molecule has 5 rings (SSSR count). The van der Waals surface area contributed by atoms with Crippen molar-refractivity contribution in [2.24, 2.45) is 0 Å². The number of piperidine rings is 1. The highest BCUT2D eigenvalue weighted by Gasteiger charge is 2.30. The van der Waals surface area contributed by atoms with Gasteiger partial charge in [-0.05, 0) is 37.2 Å². The number of para-hydroxylation sites is 1. The van der Waals surface area contributed by atoms with Gasteiger partial charge in [0.05, 0.1) is 13.2 Å². The second-order valence-corrected chi connectivity index (χ2v) is 7.77. The number of rotatable bonds is 5. The summed E-state index contributed by atoms with van der Waals surface area (Å²) in [5, 5.41) is 14.0. The molecule has 0 aliphatic carbocycles. The number of ether oxygens (including phenoxy) is 1. The van der Waals surface area contributed by atoms with Gasteiger partial charge in [0, 0.05) is 25.1 Å².